The van der Waals surface area contributed by atoms with Crippen molar-refractivity contribution in [3.63, 3.8) is 0 Å². The highest BCUT2D eigenvalue weighted by atomic mass is 19.1. The monoisotopic (exact) mass is 327 g/mol. The molecule has 1 aromatic carbocycles. The molecule has 1 amide bonds. The first-order valence-electron chi connectivity index (χ1n) is 7.68. The molecule has 3 aromatic rings. The highest BCUT2D eigenvalue weighted by molar-refractivity contribution is 6.06. The van der Waals surface area contributed by atoms with Gasteiger partial charge < -0.3 is 14.5 Å². The maximum absolute atomic E-state index is 13.6. The fourth-order valence-corrected chi connectivity index (χ4v) is 2.71. The summed E-state index contributed by atoms with van der Waals surface area (Å²) in [5.41, 5.74) is 1.78. The van der Waals surface area contributed by atoms with Gasteiger partial charge in [-0.3, -0.25) is 9.59 Å². The van der Waals surface area contributed by atoms with Crippen molar-refractivity contribution < 1.29 is 9.18 Å². The van der Waals surface area contributed by atoms with Crippen LogP contribution in [-0.4, -0.2) is 15.0 Å². The topological polar surface area (TPSA) is 56.0 Å². The Bertz CT molecular complexity index is 1000. The van der Waals surface area contributed by atoms with Gasteiger partial charge in [-0.05, 0) is 43.7 Å². The Morgan fingerprint density at radius 2 is 2.00 bits per heavy atom. The van der Waals surface area contributed by atoms with Crippen molar-refractivity contribution >= 4 is 22.5 Å². The van der Waals surface area contributed by atoms with Gasteiger partial charge in [0.2, 0.25) is 0 Å². The number of hydrogen-bond acceptors (Lipinski definition) is 2. The largest absolute Gasteiger partial charge is 0.339 e. The third-order valence-electron chi connectivity index (χ3n) is 4.19. The fourth-order valence-electron chi connectivity index (χ4n) is 2.71. The Morgan fingerprint density at radius 3 is 2.67 bits per heavy atom. The van der Waals surface area contributed by atoms with E-state index in [1.165, 1.54) is 6.07 Å². The number of nitrogens with zero attached hydrogens (tertiary/aromatic N) is 2. The minimum absolute atomic E-state index is 0.133. The third-order valence-corrected chi connectivity index (χ3v) is 4.19. The van der Waals surface area contributed by atoms with E-state index in [1.54, 1.807) is 47.5 Å². The van der Waals surface area contributed by atoms with Crippen LogP contribution in [-0.2, 0) is 13.6 Å². The Balaban J connectivity index is 2.00. The molecule has 6 heteroatoms. The number of rotatable bonds is 3. The maximum atomic E-state index is 13.6. The number of carbonyl (C=O) groups excluding carboxylic acids is 1. The lowest BCUT2D eigenvalue weighted by Gasteiger charge is -2.07. The normalized spacial score (nSPS) is 11.0. The molecule has 0 aliphatic rings. The number of hydrogen-bond donors (Lipinski definition) is 1. The molecule has 0 radical (unpaired) electrons. The van der Waals surface area contributed by atoms with Crippen molar-refractivity contribution in [1.29, 1.82) is 0 Å². The SMILES string of the molecule is CCn1ccc2c(cc(C(=O)Nc3ccc(C)c(F)c3)n2C)c1=O. The van der Waals surface area contributed by atoms with Crippen LogP contribution in [0.2, 0.25) is 0 Å². The summed E-state index contributed by atoms with van der Waals surface area (Å²) in [7, 11) is 1.72. The molecular formula is C18H18FN3O2. The van der Waals surface area contributed by atoms with E-state index in [9.17, 15) is 14.0 Å². The van der Waals surface area contributed by atoms with Gasteiger partial charge >= 0.3 is 0 Å². The molecule has 0 aliphatic heterocycles. The van der Waals surface area contributed by atoms with Gasteiger partial charge in [0, 0.05) is 25.5 Å². The van der Waals surface area contributed by atoms with Crippen LogP contribution in [0, 0.1) is 12.7 Å². The van der Waals surface area contributed by atoms with E-state index in [1.807, 2.05) is 13.0 Å². The molecule has 5 nitrogen and oxygen atoms in total. The standard InChI is InChI=1S/C18H18FN3O2/c1-4-22-8-7-15-13(18(22)24)10-16(21(15)3)17(23)20-12-6-5-11(2)14(19)9-12/h5-10H,4H2,1-3H3,(H,20,23). The highest BCUT2D eigenvalue weighted by Gasteiger charge is 2.16. The minimum atomic E-state index is -0.389. The average Bonchev–Trinajstić information content (AvgIpc) is 2.89. The van der Waals surface area contributed by atoms with E-state index in [2.05, 4.69) is 5.32 Å². The predicted octanol–water partition coefficient (Wildman–Crippen LogP) is 3.06. The fraction of sp³-hybridized carbons (Fsp3) is 0.222. The Kier molecular flexibility index (Phi) is 3.97. The number of benzene rings is 1. The predicted molar refractivity (Wildman–Crippen MR) is 91.9 cm³/mol. The molecule has 3 rings (SSSR count). The minimum Gasteiger partial charge on any atom is -0.339 e. The molecule has 2 heterocycles. The van der Waals surface area contributed by atoms with E-state index in [0.717, 1.165) is 0 Å². The van der Waals surface area contributed by atoms with Gasteiger partial charge in [-0.1, -0.05) is 6.07 Å². The van der Waals surface area contributed by atoms with Gasteiger partial charge in [0.05, 0.1) is 10.9 Å². The average molecular weight is 327 g/mol. The number of anilines is 1. The smallest absolute Gasteiger partial charge is 0.272 e. The number of carbonyl (C=O) groups is 1. The molecule has 1 N–H and O–H groups in total. The van der Waals surface area contributed by atoms with Crippen molar-refractivity contribution in [3.05, 3.63) is 64.0 Å². The van der Waals surface area contributed by atoms with Crippen LogP contribution in [0.25, 0.3) is 10.9 Å². The number of fused-ring (bicyclic) bond motifs is 1. The second kappa shape index (κ2) is 5.96. The van der Waals surface area contributed by atoms with Gasteiger partial charge in [-0.25, -0.2) is 4.39 Å². The Morgan fingerprint density at radius 1 is 1.25 bits per heavy atom. The van der Waals surface area contributed by atoms with Crippen LogP contribution < -0.4 is 10.9 Å². The van der Waals surface area contributed by atoms with E-state index < -0.39 is 0 Å². The zero-order valence-electron chi connectivity index (χ0n) is 13.8. The zero-order valence-corrected chi connectivity index (χ0v) is 13.8. The molecule has 124 valence electrons. The summed E-state index contributed by atoms with van der Waals surface area (Å²) in [4.78, 5) is 24.9. The number of pyridine rings is 1. The van der Waals surface area contributed by atoms with Crippen LogP contribution >= 0.6 is 0 Å². The van der Waals surface area contributed by atoms with E-state index in [0.29, 0.717) is 34.4 Å². The molecule has 0 saturated heterocycles. The highest BCUT2D eigenvalue weighted by Crippen LogP contribution is 2.18. The number of nitrogens with one attached hydrogen (secondary N) is 1. The molecule has 0 bridgehead atoms. The van der Waals surface area contributed by atoms with Crippen molar-refractivity contribution in [3.8, 4) is 0 Å². The molecule has 0 atom stereocenters. The first-order chi connectivity index (χ1) is 11.4. The van der Waals surface area contributed by atoms with Crippen molar-refractivity contribution in [1.82, 2.24) is 9.13 Å². The lowest BCUT2D eigenvalue weighted by atomic mass is 10.2. The molecule has 24 heavy (non-hydrogen) atoms. The Labute approximate surface area is 138 Å². The second-order valence-corrected chi connectivity index (χ2v) is 5.71. The number of aromatic nitrogens is 2. The molecule has 0 unspecified atom stereocenters. The summed E-state index contributed by atoms with van der Waals surface area (Å²) in [6.07, 6.45) is 1.71. The van der Waals surface area contributed by atoms with Gasteiger partial charge in [0.15, 0.2) is 0 Å². The van der Waals surface area contributed by atoms with Crippen LogP contribution in [0.15, 0.2) is 41.3 Å². The summed E-state index contributed by atoms with van der Waals surface area (Å²) < 4.78 is 16.9. The summed E-state index contributed by atoms with van der Waals surface area (Å²) in [6, 6.07) is 7.90. The molecule has 0 aliphatic carbocycles. The van der Waals surface area contributed by atoms with Crippen molar-refractivity contribution in [2.45, 2.75) is 20.4 Å². The first-order valence-corrected chi connectivity index (χ1v) is 7.68. The van der Waals surface area contributed by atoms with E-state index in [-0.39, 0.29) is 17.3 Å². The van der Waals surface area contributed by atoms with Gasteiger partial charge in [0.1, 0.15) is 11.5 Å². The molecular weight excluding hydrogens is 309 g/mol. The first kappa shape index (κ1) is 16.0. The van der Waals surface area contributed by atoms with Crippen molar-refractivity contribution in [2.24, 2.45) is 7.05 Å². The lowest BCUT2D eigenvalue weighted by Crippen LogP contribution is -2.17. The van der Waals surface area contributed by atoms with Gasteiger partial charge in [0.25, 0.3) is 11.5 Å². The summed E-state index contributed by atoms with van der Waals surface area (Å²) in [5.74, 6) is -0.768. The second-order valence-electron chi connectivity index (χ2n) is 5.71. The number of aryl methyl sites for hydroxylation is 3. The Hall–Kier alpha value is -2.89. The van der Waals surface area contributed by atoms with Gasteiger partial charge in [-0.15, -0.1) is 0 Å². The molecule has 0 fully saturated rings. The lowest BCUT2D eigenvalue weighted by molar-refractivity contribution is 0.101. The van der Waals surface area contributed by atoms with Crippen LogP contribution in [0.1, 0.15) is 23.0 Å². The molecule has 2 aromatic heterocycles. The van der Waals surface area contributed by atoms with Crippen LogP contribution in [0.3, 0.4) is 0 Å². The van der Waals surface area contributed by atoms with E-state index >= 15 is 0 Å². The number of amides is 1. The summed E-state index contributed by atoms with van der Waals surface area (Å²) in [6.45, 7) is 4.10. The maximum Gasteiger partial charge on any atom is 0.272 e. The summed E-state index contributed by atoms with van der Waals surface area (Å²) >= 11 is 0. The van der Waals surface area contributed by atoms with Crippen LogP contribution in [0.4, 0.5) is 10.1 Å². The third kappa shape index (κ3) is 2.60. The van der Waals surface area contributed by atoms with Crippen molar-refractivity contribution in [2.75, 3.05) is 5.32 Å². The van der Waals surface area contributed by atoms with Gasteiger partial charge in [-0.2, -0.15) is 0 Å². The molecule has 0 spiro atoms. The van der Waals surface area contributed by atoms with E-state index in [4.69, 9.17) is 0 Å². The zero-order chi connectivity index (χ0) is 17.4. The van der Waals surface area contributed by atoms with Crippen LogP contribution in [0.5, 0.6) is 0 Å². The quantitative estimate of drug-likeness (QED) is 0.804. The summed E-state index contributed by atoms with van der Waals surface area (Å²) in [5, 5.41) is 3.16. The molecule has 0 saturated carbocycles. The number of halogens is 1.